The van der Waals surface area contributed by atoms with Gasteiger partial charge in [-0.05, 0) is 37.8 Å². The first-order valence-electron chi connectivity index (χ1n) is 6.02. The second kappa shape index (κ2) is 6.01. The lowest BCUT2D eigenvalue weighted by Crippen LogP contribution is -2.28. The van der Waals surface area contributed by atoms with Gasteiger partial charge >= 0.3 is 6.09 Å². The van der Waals surface area contributed by atoms with Crippen molar-refractivity contribution >= 4 is 30.2 Å². The molecule has 0 unspecified atom stereocenters. The molecule has 1 amide bonds. The predicted molar refractivity (Wildman–Crippen MR) is 76.7 cm³/mol. The lowest BCUT2D eigenvalue weighted by Gasteiger charge is -2.28. The van der Waals surface area contributed by atoms with Crippen LogP contribution in [-0.4, -0.2) is 25.4 Å². The SMILES string of the molecule is CCOC(=O)N(c1ccccc1)[P@@]1(=S)OC[C@H](C)O1. The number of rotatable bonds is 3. The number of amides is 1. The Hall–Kier alpha value is -0.940. The van der Waals surface area contributed by atoms with E-state index >= 15 is 0 Å². The molecule has 0 N–H and O–H groups in total. The minimum atomic E-state index is -2.85. The van der Waals surface area contributed by atoms with Crippen molar-refractivity contribution < 1.29 is 18.6 Å². The Morgan fingerprint density at radius 2 is 2.21 bits per heavy atom. The molecule has 0 aliphatic carbocycles. The third-order valence-corrected chi connectivity index (χ3v) is 5.52. The van der Waals surface area contributed by atoms with Crippen LogP contribution >= 0.6 is 6.64 Å². The number of para-hydroxylation sites is 1. The van der Waals surface area contributed by atoms with Gasteiger partial charge in [-0.15, -0.1) is 0 Å². The van der Waals surface area contributed by atoms with Crippen LogP contribution in [0, 0.1) is 0 Å². The maximum atomic E-state index is 12.1. The van der Waals surface area contributed by atoms with Gasteiger partial charge in [0.25, 0.3) is 6.64 Å². The highest BCUT2D eigenvalue weighted by molar-refractivity contribution is 8.11. The van der Waals surface area contributed by atoms with Gasteiger partial charge in [-0.3, -0.25) is 0 Å². The smallest absolute Gasteiger partial charge is 0.421 e. The molecule has 5 nitrogen and oxygen atoms in total. The number of benzene rings is 1. The summed E-state index contributed by atoms with van der Waals surface area (Å²) in [5.41, 5.74) is 0.624. The molecule has 7 heteroatoms. The molecule has 0 aromatic heterocycles. The fourth-order valence-electron chi connectivity index (χ4n) is 1.69. The Kier molecular flexibility index (Phi) is 4.58. The van der Waals surface area contributed by atoms with Crippen molar-refractivity contribution in [3.05, 3.63) is 30.3 Å². The predicted octanol–water partition coefficient (Wildman–Crippen LogP) is 3.31. The molecule has 0 saturated carbocycles. The van der Waals surface area contributed by atoms with Gasteiger partial charge in [0.15, 0.2) is 0 Å². The fraction of sp³-hybridized carbons (Fsp3) is 0.417. The number of anilines is 1. The summed E-state index contributed by atoms with van der Waals surface area (Å²) in [5.74, 6) is 0. The van der Waals surface area contributed by atoms with Crippen LogP contribution in [0.3, 0.4) is 0 Å². The summed E-state index contributed by atoms with van der Waals surface area (Å²) >= 11 is 5.43. The third kappa shape index (κ3) is 3.15. The number of carbonyl (C=O) groups excluding carboxylic acids is 1. The zero-order valence-electron chi connectivity index (χ0n) is 10.8. The molecular formula is C12H16NO4PS. The van der Waals surface area contributed by atoms with E-state index in [1.807, 2.05) is 25.1 Å². The van der Waals surface area contributed by atoms with Crippen molar-refractivity contribution in [1.82, 2.24) is 0 Å². The van der Waals surface area contributed by atoms with Crippen LogP contribution in [0.25, 0.3) is 0 Å². The molecule has 2 atom stereocenters. The molecule has 104 valence electrons. The van der Waals surface area contributed by atoms with E-state index in [1.165, 1.54) is 4.67 Å². The van der Waals surface area contributed by atoms with Crippen molar-refractivity contribution in [3.8, 4) is 0 Å². The van der Waals surface area contributed by atoms with Gasteiger partial charge in [-0.1, -0.05) is 18.2 Å². The molecule has 0 spiro atoms. The van der Waals surface area contributed by atoms with Crippen molar-refractivity contribution in [3.63, 3.8) is 0 Å². The molecule has 19 heavy (non-hydrogen) atoms. The maximum absolute atomic E-state index is 12.1. The lowest BCUT2D eigenvalue weighted by atomic mass is 10.3. The summed E-state index contributed by atoms with van der Waals surface area (Å²) in [4.78, 5) is 12.1. The Balaban J connectivity index is 2.35. The fourth-order valence-corrected chi connectivity index (χ4v) is 4.66. The van der Waals surface area contributed by atoms with Gasteiger partial charge in [-0.25, -0.2) is 9.46 Å². The van der Waals surface area contributed by atoms with E-state index in [2.05, 4.69) is 0 Å². The molecule has 1 aliphatic rings. The molecule has 0 bridgehead atoms. The average molecular weight is 301 g/mol. The molecule has 1 aromatic rings. The molecule has 1 heterocycles. The molecule has 1 fully saturated rings. The monoisotopic (exact) mass is 301 g/mol. The van der Waals surface area contributed by atoms with Gasteiger partial charge < -0.3 is 13.8 Å². The summed E-state index contributed by atoms with van der Waals surface area (Å²) < 4.78 is 17.6. The van der Waals surface area contributed by atoms with Crippen LogP contribution in [-0.2, 0) is 25.6 Å². The van der Waals surface area contributed by atoms with Crippen LogP contribution in [0.4, 0.5) is 10.5 Å². The normalized spacial score (nSPS) is 26.1. The lowest BCUT2D eigenvalue weighted by molar-refractivity contribution is 0.163. The van der Waals surface area contributed by atoms with Crippen molar-refractivity contribution in [1.29, 1.82) is 0 Å². The van der Waals surface area contributed by atoms with Gasteiger partial charge in [0.1, 0.15) is 0 Å². The zero-order valence-corrected chi connectivity index (χ0v) is 12.5. The highest BCUT2D eigenvalue weighted by Crippen LogP contribution is 2.59. The highest BCUT2D eigenvalue weighted by Gasteiger charge is 2.41. The first-order valence-corrected chi connectivity index (χ1v) is 8.61. The van der Waals surface area contributed by atoms with Crippen LogP contribution in [0.2, 0.25) is 0 Å². The van der Waals surface area contributed by atoms with E-state index in [9.17, 15) is 4.79 Å². The van der Waals surface area contributed by atoms with Crippen molar-refractivity contribution in [2.45, 2.75) is 20.0 Å². The standard InChI is InChI=1S/C12H16NO4PS/c1-3-15-12(14)13(11-7-5-4-6-8-11)18(19)16-9-10(2)17-18/h4-8,10H,3,9H2,1-2H3/t10-,18+/m0/s1. The molecule has 1 aliphatic heterocycles. The molecule has 2 rings (SSSR count). The van der Waals surface area contributed by atoms with Crippen LogP contribution in [0.15, 0.2) is 30.3 Å². The number of ether oxygens (including phenoxy) is 1. The third-order valence-electron chi connectivity index (χ3n) is 2.47. The second-order valence-corrected chi connectivity index (χ2v) is 7.22. The van der Waals surface area contributed by atoms with E-state index in [4.69, 9.17) is 25.6 Å². The summed E-state index contributed by atoms with van der Waals surface area (Å²) in [5, 5.41) is 0. The van der Waals surface area contributed by atoms with Crippen molar-refractivity contribution in [2.24, 2.45) is 0 Å². The van der Waals surface area contributed by atoms with Gasteiger partial charge in [-0.2, -0.15) is 0 Å². The Bertz CT molecular complexity index is 496. The summed E-state index contributed by atoms with van der Waals surface area (Å²) in [7, 11) is 0. The molecule has 1 aromatic carbocycles. The molecule has 0 radical (unpaired) electrons. The molecular weight excluding hydrogens is 285 g/mol. The van der Waals surface area contributed by atoms with Gasteiger partial charge in [0, 0.05) is 0 Å². The number of hydrogen-bond donors (Lipinski definition) is 0. The number of hydrogen-bond acceptors (Lipinski definition) is 5. The van der Waals surface area contributed by atoms with Gasteiger partial charge in [0.05, 0.1) is 25.0 Å². The highest BCUT2D eigenvalue weighted by atomic mass is 32.5. The van der Waals surface area contributed by atoms with E-state index < -0.39 is 12.7 Å². The van der Waals surface area contributed by atoms with E-state index in [0.29, 0.717) is 12.3 Å². The average Bonchev–Trinajstić information content (AvgIpc) is 2.71. The van der Waals surface area contributed by atoms with E-state index in [0.717, 1.165) is 0 Å². The maximum Gasteiger partial charge on any atom is 0.421 e. The summed E-state index contributed by atoms with van der Waals surface area (Å²) in [6, 6.07) is 9.06. The van der Waals surface area contributed by atoms with Crippen LogP contribution in [0.1, 0.15) is 13.8 Å². The van der Waals surface area contributed by atoms with Crippen LogP contribution in [0.5, 0.6) is 0 Å². The van der Waals surface area contributed by atoms with E-state index in [-0.39, 0.29) is 12.7 Å². The van der Waals surface area contributed by atoms with E-state index in [1.54, 1.807) is 19.1 Å². The zero-order chi connectivity index (χ0) is 13.9. The quantitative estimate of drug-likeness (QED) is 0.802. The van der Waals surface area contributed by atoms with Crippen LogP contribution < -0.4 is 4.67 Å². The first kappa shape index (κ1) is 14.5. The molecule has 1 saturated heterocycles. The Morgan fingerprint density at radius 3 is 2.74 bits per heavy atom. The number of nitrogens with zero attached hydrogens (tertiary/aromatic N) is 1. The topological polar surface area (TPSA) is 48.0 Å². The first-order chi connectivity index (χ1) is 9.07. The van der Waals surface area contributed by atoms with Crippen molar-refractivity contribution in [2.75, 3.05) is 17.9 Å². The summed E-state index contributed by atoms with van der Waals surface area (Å²) in [6.07, 6.45) is -0.655. The minimum absolute atomic E-state index is 0.119. The Morgan fingerprint density at radius 1 is 1.53 bits per heavy atom. The van der Waals surface area contributed by atoms with Gasteiger partial charge in [0.2, 0.25) is 0 Å². The number of carbonyl (C=O) groups is 1. The Labute approximate surface area is 117 Å². The largest absolute Gasteiger partial charge is 0.449 e. The minimum Gasteiger partial charge on any atom is -0.449 e. The summed E-state index contributed by atoms with van der Waals surface area (Å²) in [6.45, 7) is 1.42. The second-order valence-electron chi connectivity index (χ2n) is 4.03.